The number of carbonyl (C=O) groups is 2. The molecule has 0 bridgehead atoms. The van der Waals surface area contributed by atoms with Gasteiger partial charge < -0.3 is 10.8 Å². The lowest BCUT2D eigenvalue weighted by Crippen LogP contribution is -2.33. The number of nitrogens with two attached hydrogens (primary N) is 1. The monoisotopic (exact) mass is 144 g/mol. The van der Waals surface area contributed by atoms with E-state index >= 15 is 0 Å². The maximum Gasteiger partial charge on any atom is 0.319 e. The Hall–Kier alpha value is -1.52. The Morgan fingerprint density at radius 3 is 2.40 bits per heavy atom. The van der Waals surface area contributed by atoms with Crippen molar-refractivity contribution in [3.05, 3.63) is 11.8 Å². The molecule has 0 fully saturated rings. The summed E-state index contributed by atoms with van der Waals surface area (Å²) >= 11 is 0. The van der Waals surface area contributed by atoms with Gasteiger partial charge in [0.15, 0.2) is 0 Å². The van der Waals surface area contributed by atoms with Gasteiger partial charge in [-0.05, 0) is 6.92 Å². The van der Waals surface area contributed by atoms with E-state index in [9.17, 15) is 9.59 Å². The highest BCUT2D eigenvalue weighted by Crippen LogP contribution is 1.81. The smallest absolute Gasteiger partial charge is 0.319 e. The molecular formula is C5H8N2O3. The zero-order valence-electron chi connectivity index (χ0n) is 5.42. The van der Waals surface area contributed by atoms with Crippen LogP contribution < -0.4 is 11.1 Å². The van der Waals surface area contributed by atoms with Crippen LogP contribution in [0.1, 0.15) is 6.92 Å². The molecule has 0 aliphatic carbocycles. The molecule has 0 rings (SSSR count). The number of allylic oxidation sites excluding steroid dienone is 1. The molecule has 0 aliphatic heterocycles. The Labute approximate surface area is 57.5 Å². The first-order valence-electron chi connectivity index (χ1n) is 2.50. The molecule has 0 saturated carbocycles. The molecule has 4 N–H and O–H groups in total. The molecule has 0 aromatic rings. The van der Waals surface area contributed by atoms with Gasteiger partial charge in [0.2, 0.25) is 0 Å². The fraction of sp³-hybridized carbons (Fsp3) is 0.200. The summed E-state index contributed by atoms with van der Waals surface area (Å²) in [5, 5.41) is 10.2. The van der Waals surface area contributed by atoms with Crippen molar-refractivity contribution in [1.29, 1.82) is 0 Å². The molecule has 0 aromatic heterocycles. The van der Waals surface area contributed by atoms with Crippen LogP contribution in [0.3, 0.4) is 0 Å². The Kier molecular flexibility index (Phi) is 2.96. The summed E-state index contributed by atoms with van der Waals surface area (Å²) in [6.45, 7) is 1.31. The first-order chi connectivity index (χ1) is 4.52. The highest BCUT2D eigenvalue weighted by molar-refractivity contribution is 5.99. The predicted molar refractivity (Wildman–Crippen MR) is 34.1 cm³/mol. The van der Waals surface area contributed by atoms with E-state index in [4.69, 9.17) is 5.11 Å². The Balaban J connectivity index is 3.88. The average Bonchev–Trinajstić information content (AvgIpc) is 1.58. The second kappa shape index (κ2) is 3.49. The van der Waals surface area contributed by atoms with E-state index in [2.05, 4.69) is 5.73 Å². The molecule has 56 valence electrons. The lowest BCUT2D eigenvalue weighted by Gasteiger charge is -1.92. The lowest BCUT2D eigenvalue weighted by molar-refractivity contribution is -0.115. The van der Waals surface area contributed by atoms with Crippen molar-refractivity contribution in [3.63, 3.8) is 0 Å². The van der Waals surface area contributed by atoms with Gasteiger partial charge >= 0.3 is 6.03 Å². The van der Waals surface area contributed by atoms with E-state index in [1.165, 1.54) is 6.92 Å². The number of primary amides is 1. The molecule has 0 aromatic carbocycles. The average molecular weight is 144 g/mol. The number of aliphatic hydroxyl groups is 1. The minimum absolute atomic E-state index is 0.182. The third-order valence-electron chi connectivity index (χ3n) is 0.586. The molecule has 5 nitrogen and oxygen atoms in total. The van der Waals surface area contributed by atoms with Crippen LogP contribution in [-0.2, 0) is 4.79 Å². The Morgan fingerprint density at radius 2 is 2.10 bits per heavy atom. The highest BCUT2D eigenvalue weighted by Gasteiger charge is 1.98. The fourth-order valence-electron chi connectivity index (χ4n) is 0.347. The summed E-state index contributed by atoms with van der Waals surface area (Å²) in [6.07, 6.45) is 0.852. The normalized spacial score (nSPS) is 10.7. The third-order valence-corrected chi connectivity index (χ3v) is 0.586. The van der Waals surface area contributed by atoms with Crippen molar-refractivity contribution in [2.24, 2.45) is 5.73 Å². The van der Waals surface area contributed by atoms with Crippen molar-refractivity contribution in [2.75, 3.05) is 0 Å². The SMILES string of the molecule is CC(O)=CC(=O)NC(N)=O. The zero-order valence-corrected chi connectivity index (χ0v) is 5.42. The molecule has 0 heterocycles. The predicted octanol–water partition coefficient (Wildman–Crippen LogP) is -0.357. The van der Waals surface area contributed by atoms with Gasteiger partial charge in [-0.1, -0.05) is 0 Å². The largest absolute Gasteiger partial charge is 0.512 e. The summed E-state index contributed by atoms with van der Waals surface area (Å²) < 4.78 is 0. The number of amides is 3. The maximum absolute atomic E-state index is 10.4. The molecule has 0 spiro atoms. The number of rotatable bonds is 1. The van der Waals surface area contributed by atoms with Crippen LogP contribution >= 0.6 is 0 Å². The van der Waals surface area contributed by atoms with Gasteiger partial charge in [-0.2, -0.15) is 0 Å². The molecular weight excluding hydrogens is 136 g/mol. The molecule has 3 amide bonds. The zero-order chi connectivity index (χ0) is 8.15. The van der Waals surface area contributed by atoms with Gasteiger partial charge in [-0.3, -0.25) is 10.1 Å². The van der Waals surface area contributed by atoms with Crippen LogP contribution in [0, 0.1) is 0 Å². The summed E-state index contributed by atoms with van der Waals surface area (Å²) in [7, 11) is 0. The van der Waals surface area contributed by atoms with E-state index < -0.39 is 11.9 Å². The van der Waals surface area contributed by atoms with Gasteiger partial charge in [0.05, 0.1) is 5.76 Å². The Morgan fingerprint density at radius 1 is 1.60 bits per heavy atom. The van der Waals surface area contributed by atoms with E-state index in [1.54, 1.807) is 5.32 Å². The number of carbonyl (C=O) groups excluding carboxylic acids is 2. The number of aliphatic hydroxyl groups excluding tert-OH is 1. The first kappa shape index (κ1) is 8.48. The van der Waals surface area contributed by atoms with Crippen molar-refractivity contribution in [3.8, 4) is 0 Å². The maximum atomic E-state index is 10.4. The molecule has 0 atom stereocenters. The molecule has 0 radical (unpaired) electrons. The molecule has 0 unspecified atom stereocenters. The molecule has 10 heavy (non-hydrogen) atoms. The molecule has 0 saturated heterocycles. The van der Waals surface area contributed by atoms with Gasteiger partial charge in [0, 0.05) is 6.08 Å². The summed E-state index contributed by atoms with van der Waals surface area (Å²) in [5.41, 5.74) is 4.59. The number of hydrogen-bond donors (Lipinski definition) is 3. The summed E-state index contributed by atoms with van der Waals surface area (Å²) in [6, 6.07) is -0.942. The third kappa shape index (κ3) is 4.63. The standard InChI is InChI=1S/C5H8N2O3/c1-3(8)2-4(9)7-5(6)10/h2,8H,1H3,(H3,6,7,9,10). The van der Waals surface area contributed by atoms with Gasteiger partial charge in [0.1, 0.15) is 0 Å². The van der Waals surface area contributed by atoms with Gasteiger partial charge in [-0.15, -0.1) is 0 Å². The van der Waals surface area contributed by atoms with E-state index in [-0.39, 0.29) is 5.76 Å². The quantitative estimate of drug-likeness (QED) is 0.346. The van der Waals surface area contributed by atoms with Crippen molar-refractivity contribution >= 4 is 11.9 Å². The van der Waals surface area contributed by atoms with Gasteiger partial charge in [-0.25, -0.2) is 4.79 Å². The van der Waals surface area contributed by atoms with Crippen LogP contribution in [0.2, 0.25) is 0 Å². The van der Waals surface area contributed by atoms with E-state index in [0.29, 0.717) is 0 Å². The molecule has 5 heteroatoms. The second-order valence-electron chi connectivity index (χ2n) is 1.64. The van der Waals surface area contributed by atoms with Crippen molar-refractivity contribution in [1.82, 2.24) is 5.32 Å². The second-order valence-corrected chi connectivity index (χ2v) is 1.64. The number of hydrogen-bond acceptors (Lipinski definition) is 3. The van der Waals surface area contributed by atoms with Crippen LogP contribution in [0.5, 0.6) is 0 Å². The van der Waals surface area contributed by atoms with Gasteiger partial charge in [0.25, 0.3) is 5.91 Å². The lowest BCUT2D eigenvalue weighted by atomic mass is 10.4. The van der Waals surface area contributed by atoms with E-state index in [1.807, 2.05) is 0 Å². The van der Waals surface area contributed by atoms with Crippen LogP contribution in [0.15, 0.2) is 11.8 Å². The van der Waals surface area contributed by atoms with Crippen LogP contribution in [0.4, 0.5) is 4.79 Å². The number of imide groups is 1. The summed E-state index contributed by atoms with van der Waals surface area (Å²) in [5.74, 6) is -0.911. The highest BCUT2D eigenvalue weighted by atomic mass is 16.3. The van der Waals surface area contributed by atoms with Crippen molar-refractivity contribution in [2.45, 2.75) is 6.92 Å². The topological polar surface area (TPSA) is 92.4 Å². The number of urea groups is 1. The van der Waals surface area contributed by atoms with Crippen molar-refractivity contribution < 1.29 is 14.7 Å². The molecule has 0 aliphatic rings. The van der Waals surface area contributed by atoms with Crippen LogP contribution in [-0.4, -0.2) is 17.0 Å². The minimum Gasteiger partial charge on any atom is -0.512 e. The Bertz CT molecular complexity index is 181. The van der Waals surface area contributed by atoms with E-state index in [0.717, 1.165) is 6.08 Å². The summed E-state index contributed by atoms with van der Waals surface area (Å²) in [4.78, 5) is 20.4. The number of nitrogens with one attached hydrogen (secondary N) is 1. The minimum atomic E-state index is -0.942. The fourth-order valence-corrected chi connectivity index (χ4v) is 0.347. The van der Waals surface area contributed by atoms with Crippen LogP contribution in [0.25, 0.3) is 0 Å². The first-order valence-corrected chi connectivity index (χ1v) is 2.50.